The summed E-state index contributed by atoms with van der Waals surface area (Å²) in [5.74, 6) is -0.734. The van der Waals surface area contributed by atoms with Crippen LogP contribution in [0, 0.1) is 12.8 Å². The number of benzene rings is 1. The number of aliphatic hydroxyl groups is 1. The van der Waals surface area contributed by atoms with E-state index in [1.807, 2.05) is 33.8 Å². The average Bonchev–Trinajstić information content (AvgIpc) is 3.29. The molecule has 3 aromatic rings. The van der Waals surface area contributed by atoms with Crippen LogP contribution in [-0.4, -0.2) is 41.6 Å². The number of alkyl halides is 3. The van der Waals surface area contributed by atoms with Crippen molar-refractivity contribution in [2.75, 3.05) is 5.32 Å². The molecule has 0 aliphatic heterocycles. The number of ether oxygens (including phenoxy) is 1. The highest BCUT2D eigenvalue weighted by molar-refractivity contribution is 5.73. The maximum Gasteiger partial charge on any atom is 0.433 e. The number of halogens is 3. The topological polar surface area (TPSA) is 115 Å². The number of carbonyl (C=O) groups excluding carboxylic acids is 1. The molecule has 0 amide bonds. The molecule has 1 fully saturated rings. The van der Waals surface area contributed by atoms with Crippen molar-refractivity contribution in [3.8, 4) is 5.69 Å². The summed E-state index contributed by atoms with van der Waals surface area (Å²) in [5.41, 5.74) is -0.612. The minimum Gasteiger partial charge on any atom is -0.460 e. The Morgan fingerprint density at radius 1 is 1.19 bits per heavy atom. The number of carbonyl (C=O) groups is 1. The van der Waals surface area contributed by atoms with Gasteiger partial charge in [-0.2, -0.15) is 13.2 Å². The summed E-state index contributed by atoms with van der Waals surface area (Å²) < 4.78 is 45.9. The Kier molecular flexibility index (Phi) is 6.97. The number of rotatable bonds is 5. The van der Waals surface area contributed by atoms with Crippen molar-refractivity contribution >= 4 is 17.6 Å². The predicted molar refractivity (Wildman–Crippen MR) is 128 cm³/mol. The van der Waals surface area contributed by atoms with Crippen LogP contribution in [0.2, 0.25) is 0 Å². The van der Waals surface area contributed by atoms with Gasteiger partial charge >= 0.3 is 12.1 Å². The van der Waals surface area contributed by atoms with Gasteiger partial charge in [-0.15, -0.1) is 5.10 Å². The van der Waals surface area contributed by atoms with Crippen LogP contribution in [0.25, 0.3) is 5.69 Å². The van der Waals surface area contributed by atoms with Crippen molar-refractivity contribution in [3.63, 3.8) is 0 Å². The van der Waals surface area contributed by atoms with E-state index in [1.165, 1.54) is 4.68 Å². The summed E-state index contributed by atoms with van der Waals surface area (Å²) in [7, 11) is 0. The fourth-order valence-electron chi connectivity index (χ4n) is 4.25. The van der Waals surface area contributed by atoms with Gasteiger partial charge in [0.2, 0.25) is 5.95 Å². The van der Waals surface area contributed by atoms with Crippen LogP contribution in [0.15, 0.2) is 36.7 Å². The second kappa shape index (κ2) is 9.73. The first-order chi connectivity index (χ1) is 17.2. The molecule has 1 aliphatic rings. The molecule has 9 nitrogen and oxygen atoms in total. The molecule has 0 unspecified atom stereocenters. The van der Waals surface area contributed by atoms with Crippen LogP contribution >= 0.6 is 0 Å². The molecule has 0 radical (unpaired) electrons. The lowest BCUT2D eigenvalue weighted by atomic mass is 9.77. The van der Waals surface area contributed by atoms with E-state index in [4.69, 9.17) is 4.74 Å². The molecular weight excluding hydrogens is 489 g/mol. The normalized spacial score (nSPS) is 20.5. The third kappa shape index (κ3) is 6.43. The monoisotopic (exact) mass is 518 g/mol. The number of aromatic nitrogens is 5. The van der Waals surface area contributed by atoms with Gasteiger partial charge in [0.05, 0.1) is 17.8 Å². The minimum absolute atomic E-state index is 0.193. The number of hydrogen-bond acceptors (Lipinski definition) is 8. The number of nitrogens with one attached hydrogen (secondary N) is 1. The maximum atomic E-state index is 13.0. The Morgan fingerprint density at radius 3 is 2.54 bits per heavy atom. The maximum absolute atomic E-state index is 13.0. The van der Waals surface area contributed by atoms with E-state index in [2.05, 4.69) is 25.6 Å². The summed E-state index contributed by atoms with van der Waals surface area (Å²) in [6.45, 7) is 7.29. The molecule has 1 saturated carbocycles. The Bertz CT molecular complexity index is 1280. The van der Waals surface area contributed by atoms with Gasteiger partial charge in [0, 0.05) is 11.9 Å². The lowest BCUT2D eigenvalue weighted by Crippen LogP contribution is -2.36. The summed E-state index contributed by atoms with van der Waals surface area (Å²) in [6, 6.07) is 6.02. The van der Waals surface area contributed by atoms with Crippen molar-refractivity contribution in [1.82, 2.24) is 25.0 Å². The van der Waals surface area contributed by atoms with Crippen LogP contribution in [-0.2, 0) is 21.3 Å². The number of anilines is 2. The molecule has 4 rings (SSSR count). The zero-order chi connectivity index (χ0) is 27.0. The Morgan fingerprint density at radius 2 is 1.89 bits per heavy atom. The average molecular weight is 519 g/mol. The first-order valence-corrected chi connectivity index (χ1v) is 11.9. The quantitative estimate of drug-likeness (QED) is 0.461. The van der Waals surface area contributed by atoms with E-state index >= 15 is 0 Å². The van der Waals surface area contributed by atoms with E-state index in [1.54, 1.807) is 18.3 Å². The third-order valence-electron chi connectivity index (χ3n) is 6.05. The van der Waals surface area contributed by atoms with Crippen LogP contribution in [0.4, 0.5) is 24.8 Å². The van der Waals surface area contributed by atoms with Crippen molar-refractivity contribution in [3.05, 3.63) is 53.6 Å². The van der Waals surface area contributed by atoms with Gasteiger partial charge in [-0.05, 0) is 83.2 Å². The van der Waals surface area contributed by atoms with Gasteiger partial charge < -0.3 is 15.2 Å². The summed E-state index contributed by atoms with van der Waals surface area (Å²) >= 11 is 0. The van der Waals surface area contributed by atoms with Gasteiger partial charge in [0.1, 0.15) is 22.6 Å². The Labute approximate surface area is 212 Å². The van der Waals surface area contributed by atoms with Gasteiger partial charge in [0.15, 0.2) is 0 Å². The van der Waals surface area contributed by atoms with Crippen LogP contribution in [0.5, 0.6) is 0 Å². The van der Waals surface area contributed by atoms with E-state index < -0.39 is 23.1 Å². The Hall–Kier alpha value is -3.54. The van der Waals surface area contributed by atoms with Crippen molar-refractivity contribution in [2.24, 2.45) is 5.92 Å². The molecular formula is C25H29F3N6O3. The van der Waals surface area contributed by atoms with E-state index in [-0.39, 0.29) is 17.8 Å². The lowest BCUT2D eigenvalue weighted by Gasteiger charge is -2.34. The molecule has 2 N–H and O–H groups in total. The SMILES string of the molecule is Cc1cc(Nc2nccc(C(F)(F)F)n2)cc(-n2cc([C@]3(O)CC[C@H](C(=O)OC(C)(C)C)CC3)nn2)c1. The van der Waals surface area contributed by atoms with Gasteiger partial charge in [0.25, 0.3) is 0 Å². The molecule has 0 atom stereocenters. The largest absolute Gasteiger partial charge is 0.460 e. The molecule has 1 aromatic carbocycles. The highest BCUT2D eigenvalue weighted by Gasteiger charge is 2.40. The zero-order valence-corrected chi connectivity index (χ0v) is 21.0. The third-order valence-corrected chi connectivity index (χ3v) is 6.05. The smallest absolute Gasteiger partial charge is 0.433 e. The molecule has 0 spiro atoms. The van der Waals surface area contributed by atoms with Gasteiger partial charge in [-0.25, -0.2) is 14.6 Å². The number of aryl methyl sites for hydroxylation is 1. The van der Waals surface area contributed by atoms with Crippen LogP contribution in [0.3, 0.4) is 0 Å². The van der Waals surface area contributed by atoms with E-state index in [0.29, 0.717) is 42.8 Å². The first kappa shape index (κ1) is 26.5. The molecule has 198 valence electrons. The predicted octanol–water partition coefficient (Wildman–Crippen LogP) is 4.85. The molecule has 0 saturated heterocycles. The van der Waals surface area contributed by atoms with Crippen molar-refractivity contribution in [1.29, 1.82) is 0 Å². The minimum atomic E-state index is -4.58. The van der Waals surface area contributed by atoms with Crippen molar-refractivity contribution < 1.29 is 27.8 Å². The fraction of sp³-hybridized carbons (Fsp3) is 0.480. The highest BCUT2D eigenvalue weighted by atomic mass is 19.4. The highest BCUT2D eigenvalue weighted by Crippen LogP contribution is 2.39. The van der Waals surface area contributed by atoms with Crippen molar-refractivity contribution in [2.45, 2.75) is 70.8 Å². The number of nitrogens with zero attached hydrogens (tertiary/aromatic N) is 5. The summed E-state index contributed by atoms with van der Waals surface area (Å²) in [5, 5.41) is 22.4. The van der Waals surface area contributed by atoms with Crippen LogP contribution in [0.1, 0.15) is 63.4 Å². The van der Waals surface area contributed by atoms with Gasteiger partial charge in [-0.3, -0.25) is 4.79 Å². The molecule has 12 heteroatoms. The Balaban J connectivity index is 1.49. The molecule has 2 aromatic heterocycles. The molecule has 37 heavy (non-hydrogen) atoms. The summed E-state index contributed by atoms with van der Waals surface area (Å²) in [6.07, 6.45) is -0.321. The first-order valence-electron chi connectivity index (χ1n) is 11.9. The summed E-state index contributed by atoms with van der Waals surface area (Å²) in [4.78, 5) is 19.8. The lowest BCUT2D eigenvalue weighted by molar-refractivity contribution is -0.163. The zero-order valence-electron chi connectivity index (χ0n) is 21.0. The number of hydrogen-bond donors (Lipinski definition) is 2. The van der Waals surface area contributed by atoms with Crippen LogP contribution < -0.4 is 5.32 Å². The molecule has 2 heterocycles. The molecule has 0 bridgehead atoms. The second-order valence-electron chi connectivity index (χ2n) is 10.3. The number of esters is 1. The fourth-order valence-corrected chi connectivity index (χ4v) is 4.25. The van der Waals surface area contributed by atoms with Gasteiger partial charge in [-0.1, -0.05) is 5.21 Å². The van der Waals surface area contributed by atoms with E-state index in [9.17, 15) is 23.1 Å². The van der Waals surface area contributed by atoms with E-state index in [0.717, 1.165) is 17.8 Å². The standard InChI is InChI=1S/C25H29F3N6O3/c1-15-11-17(30-22-29-10-7-19(31-22)25(26,27)28)13-18(12-15)34-14-20(32-33-34)24(36)8-5-16(6-9-24)21(35)37-23(2,3)4/h7,10-14,16,36H,5-6,8-9H2,1-4H3,(H,29,30,31)/t16-,24-. The molecule has 1 aliphatic carbocycles. The second-order valence-corrected chi connectivity index (χ2v) is 10.3.